The summed E-state index contributed by atoms with van der Waals surface area (Å²) in [6.07, 6.45) is 1.45. The van der Waals surface area contributed by atoms with E-state index in [-0.39, 0.29) is 23.0 Å². The van der Waals surface area contributed by atoms with Crippen molar-refractivity contribution in [2.75, 3.05) is 19.7 Å². The lowest BCUT2D eigenvalue weighted by molar-refractivity contribution is -0.154. The van der Waals surface area contributed by atoms with E-state index in [0.717, 1.165) is 30.2 Å². The number of amides is 1. The number of fused-ring (bicyclic) bond motifs is 1. The second-order valence-corrected chi connectivity index (χ2v) is 9.05. The highest BCUT2D eigenvalue weighted by molar-refractivity contribution is 7.10. The first-order valence-electron chi connectivity index (χ1n) is 9.80. The van der Waals surface area contributed by atoms with Gasteiger partial charge in [0, 0.05) is 28.5 Å². The first kappa shape index (κ1) is 18.2. The van der Waals surface area contributed by atoms with Crippen LogP contribution in [0.25, 0.3) is 11.3 Å². The second-order valence-electron chi connectivity index (χ2n) is 8.16. The third-order valence-electron chi connectivity index (χ3n) is 6.47. The van der Waals surface area contributed by atoms with Gasteiger partial charge in [0.1, 0.15) is 11.1 Å². The van der Waals surface area contributed by atoms with E-state index in [2.05, 4.69) is 4.98 Å². The van der Waals surface area contributed by atoms with Crippen LogP contribution in [0.2, 0.25) is 0 Å². The van der Waals surface area contributed by atoms with E-state index in [1.54, 1.807) is 23.6 Å². The Bertz CT molecular complexity index is 889. The van der Waals surface area contributed by atoms with Crippen LogP contribution < -0.4 is 0 Å². The van der Waals surface area contributed by atoms with Gasteiger partial charge in [-0.1, -0.05) is 24.3 Å². The Hall–Kier alpha value is -1.86. The molecule has 7 heteroatoms. The zero-order valence-electron chi connectivity index (χ0n) is 15.4. The minimum Gasteiger partial charge on any atom is -0.367 e. The number of nitrogens with zero attached hydrogens (tertiary/aromatic N) is 2. The van der Waals surface area contributed by atoms with Crippen molar-refractivity contribution in [3.63, 3.8) is 0 Å². The van der Waals surface area contributed by atoms with Gasteiger partial charge in [0.05, 0.1) is 18.8 Å². The number of alkyl halides is 2. The molecule has 6 rings (SSSR count). The lowest BCUT2D eigenvalue weighted by atomic mass is 9.68. The third-order valence-corrected chi connectivity index (χ3v) is 7.40. The van der Waals surface area contributed by atoms with E-state index in [0.29, 0.717) is 31.0 Å². The maximum Gasteiger partial charge on any atom is 0.264 e. The normalized spacial score (nSPS) is 29.2. The van der Waals surface area contributed by atoms with E-state index >= 15 is 0 Å². The number of morpholine rings is 1. The fraction of sp³-hybridized carbons (Fsp3) is 0.524. The number of ether oxygens (including phenoxy) is 1. The number of carbonyl (C=O) groups excluding carboxylic acids is 1. The monoisotopic (exact) mass is 404 g/mol. The lowest BCUT2D eigenvalue weighted by Crippen LogP contribution is -2.51. The molecule has 0 N–H and O–H groups in total. The van der Waals surface area contributed by atoms with Crippen molar-refractivity contribution >= 4 is 17.2 Å². The summed E-state index contributed by atoms with van der Waals surface area (Å²) < 4.78 is 32.5. The molecule has 4 fully saturated rings. The number of thiazole rings is 1. The minimum atomic E-state index is -2.54. The zero-order valence-corrected chi connectivity index (χ0v) is 16.3. The predicted octanol–water partition coefficient (Wildman–Crippen LogP) is 4.84. The van der Waals surface area contributed by atoms with Crippen LogP contribution in [0.3, 0.4) is 0 Å². The van der Waals surface area contributed by atoms with Crippen molar-refractivity contribution in [2.45, 2.75) is 38.2 Å². The van der Waals surface area contributed by atoms with Crippen LogP contribution in [0, 0.1) is 11.3 Å². The number of benzene rings is 1. The van der Waals surface area contributed by atoms with Crippen molar-refractivity contribution in [3.8, 4) is 11.3 Å². The molecule has 3 saturated carbocycles. The van der Waals surface area contributed by atoms with Gasteiger partial charge in [-0.3, -0.25) is 4.79 Å². The van der Waals surface area contributed by atoms with Gasteiger partial charge in [-0.15, -0.1) is 11.3 Å². The summed E-state index contributed by atoms with van der Waals surface area (Å²) in [6, 6.07) is 6.46. The molecule has 0 spiro atoms. The van der Waals surface area contributed by atoms with Gasteiger partial charge in [0.25, 0.3) is 6.43 Å². The molecule has 1 aromatic heterocycles. The number of carbonyl (C=O) groups is 1. The summed E-state index contributed by atoms with van der Waals surface area (Å²) in [4.78, 5) is 19.6. The van der Waals surface area contributed by atoms with Crippen molar-refractivity contribution in [1.29, 1.82) is 0 Å². The number of rotatable bonds is 4. The van der Waals surface area contributed by atoms with Gasteiger partial charge in [-0.2, -0.15) is 0 Å². The summed E-state index contributed by atoms with van der Waals surface area (Å²) in [6.45, 7) is 1.60. The Kier molecular flexibility index (Phi) is 4.47. The number of hydrogen-bond donors (Lipinski definition) is 0. The molecule has 3 aliphatic carbocycles. The van der Waals surface area contributed by atoms with Crippen LogP contribution in [0.1, 0.15) is 48.8 Å². The molecule has 2 bridgehead atoms. The Balaban J connectivity index is 1.34. The summed E-state index contributed by atoms with van der Waals surface area (Å²) >= 11 is 1.41. The molecule has 1 saturated heterocycles. The number of halogens is 2. The van der Waals surface area contributed by atoms with Crippen molar-refractivity contribution < 1.29 is 18.3 Å². The molecule has 1 unspecified atom stereocenters. The first-order valence-corrected chi connectivity index (χ1v) is 10.7. The maximum absolute atomic E-state index is 13.3. The van der Waals surface area contributed by atoms with Gasteiger partial charge in [-0.25, -0.2) is 13.8 Å². The molecule has 4 nitrogen and oxygen atoms in total. The van der Waals surface area contributed by atoms with Gasteiger partial charge in [-0.05, 0) is 31.6 Å². The Morgan fingerprint density at radius 2 is 2.14 bits per heavy atom. The Morgan fingerprint density at radius 3 is 2.89 bits per heavy atom. The summed E-state index contributed by atoms with van der Waals surface area (Å²) in [5.74, 6) is 1.02. The Labute approximate surface area is 166 Å². The summed E-state index contributed by atoms with van der Waals surface area (Å²) in [5, 5.41) is 2.54. The Morgan fingerprint density at radius 1 is 1.32 bits per heavy atom. The molecule has 1 aromatic carbocycles. The molecule has 2 heterocycles. The van der Waals surface area contributed by atoms with Crippen LogP contribution >= 0.6 is 11.3 Å². The molecule has 1 aliphatic heterocycles. The molecule has 1 atom stereocenters. The van der Waals surface area contributed by atoms with E-state index in [4.69, 9.17) is 4.74 Å². The quantitative estimate of drug-likeness (QED) is 0.732. The minimum absolute atomic E-state index is 0.0133. The molecule has 4 aliphatic rings. The molecule has 28 heavy (non-hydrogen) atoms. The van der Waals surface area contributed by atoms with Gasteiger partial charge in [0.15, 0.2) is 0 Å². The molecular formula is C21H22F2N2O2S. The van der Waals surface area contributed by atoms with Crippen LogP contribution in [-0.2, 0) is 9.53 Å². The molecule has 148 valence electrons. The smallest absolute Gasteiger partial charge is 0.264 e. The predicted molar refractivity (Wildman–Crippen MR) is 102 cm³/mol. The van der Waals surface area contributed by atoms with E-state index < -0.39 is 6.43 Å². The highest BCUT2D eigenvalue weighted by atomic mass is 32.1. The first-order chi connectivity index (χ1) is 13.6. The fourth-order valence-corrected chi connectivity index (χ4v) is 5.87. The number of aromatic nitrogens is 1. The molecule has 0 radical (unpaired) electrons. The van der Waals surface area contributed by atoms with Gasteiger partial charge in [0.2, 0.25) is 5.91 Å². The third kappa shape index (κ3) is 2.95. The van der Waals surface area contributed by atoms with E-state index in [1.165, 1.54) is 23.8 Å². The van der Waals surface area contributed by atoms with E-state index in [1.807, 2.05) is 4.90 Å². The van der Waals surface area contributed by atoms with Gasteiger partial charge < -0.3 is 9.64 Å². The van der Waals surface area contributed by atoms with Crippen LogP contribution in [0.15, 0.2) is 29.6 Å². The fourth-order valence-electron chi connectivity index (χ4n) is 5.01. The van der Waals surface area contributed by atoms with Gasteiger partial charge >= 0.3 is 0 Å². The zero-order chi connectivity index (χ0) is 19.3. The largest absolute Gasteiger partial charge is 0.367 e. The molecular weight excluding hydrogens is 382 g/mol. The average molecular weight is 404 g/mol. The topological polar surface area (TPSA) is 42.4 Å². The van der Waals surface area contributed by atoms with E-state index in [9.17, 15) is 13.6 Å². The summed E-state index contributed by atoms with van der Waals surface area (Å²) in [5.41, 5.74) is 0.866. The number of hydrogen-bond acceptors (Lipinski definition) is 4. The van der Waals surface area contributed by atoms with Crippen LogP contribution in [0.5, 0.6) is 0 Å². The molecule has 2 aromatic rings. The lowest BCUT2D eigenvalue weighted by Gasteiger charge is -2.43. The standard InChI is InChI=1S/C21H22F2N2O2S/c22-18(23)15-4-2-1-3-14(15)16-12-28-19(24-16)17-11-25(7-8-27-17)20(26)21-6-5-13(9-21)10-21/h1-4,12-13,17-18H,5-11H2. The maximum atomic E-state index is 13.3. The van der Waals surface area contributed by atoms with Crippen molar-refractivity contribution in [3.05, 3.63) is 40.2 Å². The van der Waals surface area contributed by atoms with Crippen LogP contribution in [0.4, 0.5) is 8.78 Å². The average Bonchev–Trinajstić information content (AvgIpc) is 3.43. The molecule has 1 amide bonds. The second kappa shape index (κ2) is 6.88. The summed E-state index contributed by atoms with van der Waals surface area (Å²) in [7, 11) is 0. The SMILES string of the molecule is O=C(N1CCOC(c2nc(-c3ccccc3C(F)F)cs2)C1)C12CCC(C1)C2. The van der Waals surface area contributed by atoms with Crippen molar-refractivity contribution in [1.82, 2.24) is 9.88 Å². The highest BCUT2D eigenvalue weighted by Crippen LogP contribution is 2.59. The highest BCUT2D eigenvalue weighted by Gasteiger charge is 2.56. The van der Waals surface area contributed by atoms with Crippen molar-refractivity contribution in [2.24, 2.45) is 11.3 Å². The van der Waals surface area contributed by atoms with Crippen LogP contribution in [-0.4, -0.2) is 35.5 Å².